The van der Waals surface area contributed by atoms with Gasteiger partial charge in [0.25, 0.3) is 5.56 Å². The molecule has 0 aliphatic rings. The Labute approximate surface area is 152 Å². The second-order valence-electron chi connectivity index (χ2n) is 5.39. The van der Waals surface area contributed by atoms with Crippen molar-refractivity contribution in [3.05, 3.63) is 75.4 Å². The van der Waals surface area contributed by atoms with E-state index in [0.717, 1.165) is 10.0 Å². The van der Waals surface area contributed by atoms with Crippen molar-refractivity contribution in [1.82, 2.24) is 15.1 Å². The number of amides is 1. The van der Waals surface area contributed by atoms with Crippen LogP contribution < -0.4 is 10.9 Å². The molecular weight excluding hydrogens is 386 g/mol. The molecule has 1 amide bonds. The lowest BCUT2D eigenvalue weighted by Crippen LogP contribution is -2.28. The van der Waals surface area contributed by atoms with Crippen LogP contribution in [0, 0.1) is 0 Å². The van der Waals surface area contributed by atoms with Crippen LogP contribution in [0.1, 0.15) is 12.2 Å². The van der Waals surface area contributed by atoms with E-state index in [1.54, 1.807) is 24.5 Å². The van der Waals surface area contributed by atoms with Gasteiger partial charge >= 0.3 is 0 Å². The average Bonchev–Trinajstić information content (AvgIpc) is 3.13. The number of halogens is 1. The Morgan fingerprint density at radius 1 is 1.16 bits per heavy atom. The lowest BCUT2D eigenvalue weighted by atomic mass is 10.1. The first-order chi connectivity index (χ1) is 12.1. The first kappa shape index (κ1) is 17.2. The minimum Gasteiger partial charge on any atom is -0.467 e. The fourth-order valence-corrected chi connectivity index (χ4v) is 2.54. The minimum absolute atomic E-state index is 0.164. The van der Waals surface area contributed by atoms with Crippen LogP contribution >= 0.6 is 15.9 Å². The fourth-order valence-electron chi connectivity index (χ4n) is 2.28. The molecule has 2 aromatic heterocycles. The normalized spacial score (nSPS) is 10.6. The van der Waals surface area contributed by atoms with Crippen LogP contribution in [0.3, 0.4) is 0 Å². The molecule has 0 atom stereocenters. The maximum absolute atomic E-state index is 12.0. The van der Waals surface area contributed by atoms with Crippen LogP contribution in [0.5, 0.6) is 0 Å². The van der Waals surface area contributed by atoms with E-state index < -0.39 is 0 Å². The molecule has 1 N–H and O–H groups in total. The molecule has 3 aromatic rings. The number of carbonyl (C=O) groups excluding carboxylic acids is 1. The van der Waals surface area contributed by atoms with Gasteiger partial charge in [0, 0.05) is 22.5 Å². The zero-order valence-electron chi connectivity index (χ0n) is 13.3. The van der Waals surface area contributed by atoms with Crippen LogP contribution in [-0.2, 0) is 17.9 Å². The SMILES string of the molecule is O=C(CCn1nc(-c2ccc(Br)cc2)ccc1=O)NCc1ccco1. The number of nitrogens with one attached hydrogen (secondary N) is 1. The quantitative estimate of drug-likeness (QED) is 0.688. The molecule has 0 spiro atoms. The average molecular weight is 402 g/mol. The zero-order chi connectivity index (χ0) is 17.6. The topological polar surface area (TPSA) is 77.1 Å². The van der Waals surface area contributed by atoms with Crippen molar-refractivity contribution in [1.29, 1.82) is 0 Å². The van der Waals surface area contributed by atoms with Crippen LogP contribution in [0.25, 0.3) is 11.3 Å². The molecule has 0 saturated heterocycles. The zero-order valence-corrected chi connectivity index (χ0v) is 14.9. The van der Waals surface area contributed by atoms with Gasteiger partial charge in [-0.15, -0.1) is 0 Å². The van der Waals surface area contributed by atoms with E-state index in [1.165, 1.54) is 10.7 Å². The number of benzene rings is 1. The summed E-state index contributed by atoms with van der Waals surface area (Å²) in [5.41, 5.74) is 1.35. The summed E-state index contributed by atoms with van der Waals surface area (Å²) in [7, 11) is 0. The van der Waals surface area contributed by atoms with E-state index in [2.05, 4.69) is 26.3 Å². The number of aryl methyl sites for hydroxylation is 1. The molecule has 0 aliphatic carbocycles. The van der Waals surface area contributed by atoms with Crippen LogP contribution in [0.2, 0.25) is 0 Å². The Hall–Kier alpha value is -2.67. The largest absolute Gasteiger partial charge is 0.467 e. The molecule has 0 unspecified atom stereocenters. The van der Waals surface area contributed by atoms with Gasteiger partial charge in [0.2, 0.25) is 5.91 Å². The number of hydrogen-bond donors (Lipinski definition) is 1. The van der Waals surface area contributed by atoms with E-state index >= 15 is 0 Å². The monoisotopic (exact) mass is 401 g/mol. The van der Waals surface area contributed by atoms with E-state index in [9.17, 15) is 9.59 Å². The number of aromatic nitrogens is 2. The van der Waals surface area contributed by atoms with Gasteiger partial charge in [0.15, 0.2) is 0 Å². The molecule has 1 aromatic carbocycles. The van der Waals surface area contributed by atoms with Crippen molar-refractivity contribution < 1.29 is 9.21 Å². The summed E-state index contributed by atoms with van der Waals surface area (Å²) in [6.45, 7) is 0.542. The van der Waals surface area contributed by atoms with Crippen molar-refractivity contribution in [3.8, 4) is 11.3 Å². The summed E-state index contributed by atoms with van der Waals surface area (Å²) >= 11 is 3.39. The van der Waals surface area contributed by atoms with E-state index in [4.69, 9.17) is 4.42 Å². The molecule has 0 aliphatic heterocycles. The minimum atomic E-state index is -0.236. The molecule has 7 heteroatoms. The molecule has 0 bridgehead atoms. The number of carbonyl (C=O) groups is 1. The number of rotatable bonds is 6. The van der Waals surface area contributed by atoms with Gasteiger partial charge in [-0.05, 0) is 30.3 Å². The van der Waals surface area contributed by atoms with Crippen molar-refractivity contribution in [2.24, 2.45) is 0 Å². The van der Waals surface area contributed by atoms with Gasteiger partial charge in [-0.25, -0.2) is 4.68 Å². The molecular formula is C18H16BrN3O3. The first-order valence-corrected chi connectivity index (χ1v) is 8.54. The number of furan rings is 1. The van der Waals surface area contributed by atoms with Crippen LogP contribution in [0.4, 0.5) is 0 Å². The Bertz CT molecular complexity index is 902. The molecule has 0 radical (unpaired) electrons. The van der Waals surface area contributed by atoms with Crippen molar-refractivity contribution in [2.75, 3.05) is 0 Å². The highest BCUT2D eigenvalue weighted by molar-refractivity contribution is 9.10. The Balaban J connectivity index is 1.63. The predicted molar refractivity (Wildman–Crippen MR) is 96.8 cm³/mol. The molecule has 3 rings (SSSR count). The Kier molecular flexibility index (Phi) is 5.45. The molecule has 2 heterocycles. The molecule has 128 valence electrons. The lowest BCUT2D eigenvalue weighted by Gasteiger charge is -2.08. The Morgan fingerprint density at radius 2 is 1.96 bits per heavy atom. The molecule has 6 nitrogen and oxygen atoms in total. The molecule has 0 saturated carbocycles. The second kappa shape index (κ2) is 7.94. The third kappa shape index (κ3) is 4.67. The van der Waals surface area contributed by atoms with Gasteiger partial charge in [0.05, 0.1) is 25.0 Å². The standard InChI is InChI=1S/C18H16BrN3O3/c19-14-5-3-13(4-6-14)16-7-8-18(24)22(21-16)10-9-17(23)20-12-15-2-1-11-25-15/h1-8,11H,9-10,12H2,(H,20,23). The summed E-state index contributed by atoms with van der Waals surface area (Å²) in [5, 5.41) is 7.09. The summed E-state index contributed by atoms with van der Waals surface area (Å²) in [4.78, 5) is 23.9. The number of hydrogen-bond acceptors (Lipinski definition) is 4. The van der Waals surface area contributed by atoms with Crippen LogP contribution in [0.15, 0.2) is 68.5 Å². The van der Waals surface area contributed by atoms with E-state index in [-0.39, 0.29) is 24.4 Å². The van der Waals surface area contributed by atoms with Gasteiger partial charge in [-0.1, -0.05) is 28.1 Å². The van der Waals surface area contributed by atoms with E-state index in [1.807, 2.05) is 24.3 Å². The third-order valence-electron chi connectivity index (χ3n) is 3.60. The highest BCUT2D eigenvalue weighted by Gasteiger charge is 2.07. The van der Waals surface area contributed by atoms with E-state index in [0.29, 0.717) is 18.0 Å². The van der Waals surface area contributed by atoms with Gasteiger partial charge in [-0.2, -0.15) is 5.10 Å². The maximum atomic E-state index is 12.0. The second-order valence-corrected chi connectivity index (χ2v) is 6.31. The maximum Gasteiger partial charge on any atom is 0.266 e. The highest BCUT2D eigenvalue weighted by Crippen LogP contribution is 2.18. The summed E-state index contributed by atoms with van der Waals surface area (Å²) in [5.74, 6) is 0.514. The van der Waals surface area contributed by atoms with Crippen molar-refractivity contribution in [3.63, 3.8) is 0 Å². The third-order valence-corrected chi connectivity index (χ3v) is 4.13. The summed E-state index contributed by atoms with van der Waals surface area (Å²) in [6, 6.07) is 14.3. The van der Waals surface area contributed by atoms with Crippen molar-refractivity contribution >= 4 is 21.8 Å². The fraction of sp³-hybridized carbons (Fsp3) is 0.167. The summed E-state index contributed by atoms with van der Waals surface area (Å²) in [6.07, 6.45) is 1.72. The van der Waals surface area contributed by atoms with Crippen molar-refractivity contribution in [2.45, 2.75) is 19.5 Å². The lowest BCUT2D eigenvalue weighted by molar-refractivity contribution is -0.121. The van der Waals surface area contributed by atoms with Gasteiger partial charge in [0.1, 0.15) is 5.76 Å². The van der Waals surface area contributed by atoms with Gasteiger partial charge < -0.3 is 9.73 Å². The molecule has 25 heavy (non-hydrogen) atoms. The predicted octanol–water partition coefficient (Wildman–Crippen LogP) is 2.97. The first-order valence-electron chi connectivity index (χ1n) is 7.75. The van der Waals surface area contributed by atoms with Crippen LogP contribution in [-0.4, -0.2) is 15.7 Å². The number of nitrogens with zero attached hydrogens (tertiary/aromatic N) is 2. The smallest absolute Gasteiger partial charge is 0.266 e. The Morgan fingerprint density at radius 3 is 2.68 bits per heavy atom. The van der Waals surface area contributed by atoms with Gasteiger partial charge in [-0.3, -0.25) is 9.59 Å². The molecule has 0 fully saturated rings. The summed E-state index contributed by atoms with van der Waals surface area (Å²) < 4.78 is 7.43. The highest BCUT2D eigenvalue weighted by atomic mass is 79.9.